The summed E-state index contributed by atoms with van der Waals surface area (Å²) in [4.78, 5) is 13.6. The Balaban J connectivity index is 2.22. The minimum Gasteiger partial charge on any atom is -0.317 e. The zero-order valence-electron chi connectivity index (χ0n) is 13.3. The molecule has 1 unspecified atom stereocenters. The Morgan fingerprint density at radius 3 is 2.43 bits per heavy atom. The van der Waals surface area contributed by atoms with Crippen LogP contribution in [0.5, 0.6) is 0 Å². The molecular weight excluding hydrogens is 260 g/mol. The van der Waals surface area contributed by atoms with Gasteiger partial charge >= 0.3 is 0 Å². The first kappa shape index (κ1) is 15.6. The van der Waals surface area contributed by atoms with Gasteiger partial charge in [-0.1, -0.05) is 19.9 Å². The number of hydrogen-bond acceptors (Lipinski definition) is 4. The van der Waals surface area contributed by atoms with Crippen LogP contribution in [0.4, 0.5) is 0 Å². The first-order valence-corrected chi connectivity index (χ1v) is 7.58. The molecule has 1 N–H and O–H groups in total. The third kappa shape index (κ3) is 4.08. The van der Waals surface area contributed by atoms with E-state index in [-0.39, 0.29) is 0 Å². The van der Waals surface area contributed by atoms with Crippen LogP contribution in [0.25, 0.3) is 11.5 Å². The van der Waals surface area contributed by atoms with Gasteiger partial charge in [-0.2, -0.15) is 0 Å². The number of nitrogens with one attached hydrogen (secondary N) is 1. The molecule has 0 aliphatic rings. The van der Waals surface area contributed by atoms with Crippen molar-refractivity contribution in [3.8, 4) is 11.5 Å². The number of nitrogens with zero attached hydrogens (tertiary/aromatic N) is 3. The van der Waals surface area contributed by atoms with Crippen LogP contribution >= 0.6 is 0 Å². The van der Waals surface area contributed by atoms with Gasteiger partial charge < -0.3 is 5.32 Å². The van der Waals surface area contributed by atoms with Gasteiger partial charge in [-0.15, -0.1) is 0 Å². The maximum Gasteiger partial charge on any atom is 0.178 e. The third-order valence-corrected chi connectivity index (χ3v) is 3.61. The lowest BCUT2D eigenvalue weighted by atomic mass is 9.98. The fourth-order valence-corrected chi connectivity index (χ4v) is 2.46. The van der Waals surface area contributed by atoms with Crippen LogP contribution in [-0.2, 0) is 6.42 Å². The second-order valence-electron chi connectivity index (χ2n) is 5.53. The van der Waals surface area contributed by atoms with E-state index in [9.17, 15) is 0 Å². The first-order chi connectivity index (χ1) is 10.1. The van der Waals surface area contributed by atoms with E-state index in [0.29, 0.717) is 11.7 Å². The molecule has 2 heterocycles. The molecule has 4 nitrogen and oxygen atoms in total. The average molecular weight is 284 g/mol. The lowest BCUT2D eigenvalue weighted by Gasteiger charge is -2.15. The van der Waals surface area contributed by atoms with Gasteiger partial charge in [0.25, 0.3) is 0 Å². The summed E-state index contributed by atoms with van der Waals surface area (Å²) >= 11 is 0. The van der Waals surface area contributed by atoms with Crippen molar-refractivity contribution in [2.75, 3.05) is 13.1 Å². The van der Waals surface area contributed by atoms with Crippen molar-refractivity contribution in [1.29, 1.82) is 0 Å². The predicted octanol–water partition coefficient (Wildman–Crippen LogP) is 2.94. The largest absolute Gasteiger partial charge is 0.317 e. The fraction of sp³-hybridized carbons (Fsp3) is 0.471. The highest BCUT2D eigenvalue weighted by molar-refractivity contribution is 5.49. The molecule has 21 heavy (non-hydrogen) atoms. The summed E-state index contributed by atoms with van der Waals surface area (Å²) in [6.07, 6.45) is 2.78. The van der Waals surface area contributed by atoms with E-state index < -0.39 is 0 Å². The van der Waals surface area contributed by atoms with Crippen molar-refractivity contribution in [3.63, 3.8) is 0 Å². The highest BCUT2D eigenvalue weighted by atomic mass is 14.9. The molecule has 0 radical (unpaired) electrons. The van der Waals surface area contributed by atoms with Crippen molar-refractivity contribution in [2.24, 2.45) is 5.92 Å². The standard InChI is InChI=1S/C17H24N4/c1-5-18-11-12(2)10-15-13(3)20-17(21-14(15)4)16-8-6-7-9-19-16/h6-9,12,18H,5,10-11H2,1-4H3. The lowest BCUT2D eigenvalue weighted by Crippen LogP contribution is -2.22. The predicted molar refractivity (Wildman–Crippen MR) is 86.1 cm³/mol. The van der Waals surface area contributed by atoms with E-state index in [4.69, 9.17) is 0 Å². The van der Waals surface area contributed by atoms with Crippen LogP contribution in [0.15, 0.2) is 24.4 Å². The van der Waals surface area contributed by atoms with Gasteiger partial charge in [-0.3, -0.25) is 4.98 Å². The molecular formula is C17H24N4. The van der Waals surface area contributed by atoms with E-state index in [2.05, 4.69) is 48.0 Å². The smallest absolute Gasteiger partial charge is 0.178 e. The van der Waals surface area contributed by atoms with Crippen molar-refractivity contribution in [1.82, 2.24) is 20.3 Å². The molecule has 2 aromatic rings. The highest BCUT2D eigenvalue weighted by Gasteiger charge is 2.13. The van der Waals surface area contributed by atoms with Crippen molar-refractivity contribution >= 4 is 0 Å². The van der Waals surface area contributed by atoms with Gasteiger partial charge in [0.2, 0.25) is 0 Å². The van der Waals surface area contributed by atoms with Gasteiger partial charge in [0.05, 0.1) is 0 Å². The molecule has 0 bridgehead atoms. The molecule has 0 spiro atoms. The number of rotatable bonds is 6. The summed E-state index contributed by atoms with van der Waals surface area (Å²) in [6, 6.07) is 5.81. The summed E-state index contributed by atoms with van der Waals surface area (Å²) in [5.41, 5.74) is 4.22. The van der Waals surface area contributed by atoms with Crippen molar-refractivity contribution in [3.05, 3.63) is 41.3 Å². The zero-order valence-corrected chi connectivity index (χ0v) is 13.3. The summed E-state index contributed by atoms with van der Waals surface area (Å²) in [7, 11) is 0. The van der Waals surface area contributed by atoms with Gasteiger partial charge in [0, 0.05) is 17.6 Å². The Hall–Kier alpha value is -1.81. The van der Waals surface area contributed by atoms with Gasteiger partial charge in [0.1, 0.15) is 5.69 Å². The van der Waals surface area contributed by atoms with E-state index in [1.54, 1.807) is 6.20 Å². The lowest BCUT2D eigenvalue weighted by molar-refractivity contribution is 0.517. The van der Waals surface area contributed by atoms with Crippen molar-refractivity contribution in [2.45, 2.75) is 34.1 Å². The molecule has 0 amide bonds. The Labute approximate surface area is 127 Å². The maximum atomic E-state index is 4.64. The fourth-order valence-electron chi connectivity index (χ4n) is 2.46. The molecule has 2 rings (SSSR count). The average Bonchev–Trinajstić information content (AvgIpc) is 2.49. The minimum atomic E-state index is 0.576. The normalized spacial score (nSPS) is 12.4. The molecule has 0 saturated heterocycles. The molecule has 0 aliphatic heterocycles. The first-order valence-electron chi connectivity index (χ1n) is 7.58. The van der Waals surface area contributed by atoms with E-state index in [1.165, 1.54) is 5.56 Å². The van der Waals surface area contributed by atoms with Gasteiger partial charge in [0.15, 0.2) is 5.82 Å². The number of aryl methyl sites for hydroxylation is 2. The molecule has 112 valence electrons. The SMILES string of the molecule is CCNCC(C)Cc1c(C)nc(-c2ccccn2)nc1C. The van der Waals surface area contributed by atoms with Gasteiger partial charge in [-0.05, 0) is 57.0 Å². The highest BCUT2D eigenvalue weighted by Crippen LogP contribution is 2.19. The summed E-state index contributed by atoms with van der Waals surface area (Å²) in [5.74, 6) is 1.29. The van der Waals surface area contributed by atoms with Gasteiger partial charge in [-0.25, -0.2) is 9.97 Å². The number of hydrogen-bond donors (Lipinski definition) is 1. The Bertz CT molecular complexity index is 558. The molecule has 0 saturated carbocycles. The van der Waals surface area contributed by atoms with Crippen LogP contribution in [0, 0.1) is 19.8 Å². The molecule has 0 fully saturated rings. The molecule has 4 heteroatoms. The molecule has 1 atom stereocenters. The Morgan fingerprint density at radius 1 is 1.14 bits per heavy atom. The van der Waals surface area contributed by atoms with E-state index in [0.717, 1.165) is 36.6 Å². The topological polar surface area (TPSA) is 50.7 Å². The zero-order chi connectivity index (χ0) is 15.2. The number of aromatic nitrogens is 3. The quantitative estimate of drug-likeness (QED) is 0.886. The van der Waals surface area contributed by atoms with Crippen molar-refractivity contribution < 1.29 is 0 Å². The maximum absolute atomic E-state index is 4.64. The summed E-state index contributed by atoms with van der Waals surface area (Å²) in [5, 5.41) is 3.39. The Morgan fingerprint density at radius 2 is 1.86 bits per heavy atom. The van der Waals surface area contributed by atoms with Crippen LogP contribution in [-0.4, -0.2) is 28.0 Å². The number of pyridine rings is 1. The second-order valence-corrected chi connectivity index (χ2v) is 5.53. The molecule has 2 aromatic heterocycles. The van der Waals surface area contributed by atoms with Crippen LogP contribution in [0.1, 0.15) is 30.8 Å². The van der Waals surface area contributed by atoms with Crippen LogP contribution in [0.3, 0.4) is 0 Å². The summed E-state index contributed by atoms with van der Waals surface area (Å²) < 4.78 is 0. The minimum absolute atomic E-state index is 0.576. The second kappa shape index (κ2) is 7.27. The van der Waals surface area contributed by atoms with E-state index >= 15 is 0 Å². The van der Waals surface area contributed by atoms with Crippen LogP contribution in [0.2, 0.25) is 0 Å². The summed E-state index contributed by atoms with van der Waals surface area (Å²) in [6.45, 7) is 10.6. The molecule has 0 aliphatic carbocycles. The monoisotopic (exact) mass is 284 g/mol. The molecule has 0 aromatic carbocycles. The van der Waals surface area contributed by atoms with Crippen LogP contribution < -0.4 is 5.32 Å². The third-order valence-electron chi connectivity index (χ3n) is 3.61. The Kier molecular flexibility index (Phi) is 5.39. The van der Waals surface area contributed by atoms with E-state index in [1.807, 2.05) is 18.2 Å².